The van der Waals surface area contributed by atoms with E-state index in [-0.39, 0.29) is 0 Å². The van der Waals surface area contributed by atoms with E-state index in [1.807, 2.05) is 0 Å². The van der Waals surface area contributed by atoms with Gasteiger partial charge in [-0.05, 0) is 29.2 Å². The molecule has 2 unspecified atom stereocenters. The van der Waals surface area contributed by atoms with Crippen molar-refractivity contribution in [2.24, 2.45) is 0 Å². The number of hydrogen-bond acceptors (Lipinski definition) is 2. The molecule has 0 radical (unpaired) electrons. The zero-order chi connectivity index (χ0) is 13.5. The largest absolute Gasteiger partial charge is 0.300 e. The molecule has 2 heterocycles. The van der Waals surface area contributed by atoms with Crippen LogP contribution in [0.2, 0.25) is 0 Å². The Balaban J connectivity index is 1.67. The smallest absolute Gasteiger partial charge is 0.136 e. The van der Waals surface area contributed by atoms with Gasteiger partial charge in [0.1, 0.15) is 5.78 Å². The second-order valence-electron chi connectivity index (χ2n) is 6.14. The maximum atomic E-state index is 11.7. The molecule has 0 spiro atoms. The molecule has 2 aliphatic heterocycles. The van der Waals surface area contributed by atoms with E-state index in [9.17, 15) is 4.79 Å². The number of carbonyl (C=O) groups is 1. The minimum atomic E-state index is 0.465. The molecule has 0 saturated carbocycles. The molecular formula is C18H19NO. The summed E-state index contributed by atoms with van der Waals surface area (Å²) in [6.07, 6.45) is 3.92. The van der Waals surface area contributed by atoms with Crippen LogP contribution in [0.5, 0.6) is 0 Å². The topological polar surface area (TPSA) is 20.3 Å². The molecule has 4 rings (SSSR count). The Morgan fingerprint density at radius 2 is 1.65 bits per heavy atom. The molecule has 2 nitrogen and oxygen atoms in total. The predicted octanol–water partition coefficient (Wildman–Crippen LogP) is 3.54. The molecule has 2 fully saturated rings. The van der Waals surface area contributed by atoms with Crippen LogP contribution in [0.4, 0.5) is 0 Å². The van der Waals surface area contributed by atoms with Crippen LogP contribution < -0.4 is 0 Å². The number of hydrogen-bond donors (Lipinski definition) is 0. The maximum Gasteiger partial charge on any atom is 0.136 e. The third-order valence-electron chi connectivity index (χ3n) is 4.93. The van der Waals surface area contributed by atoms with Crippen molar-refractivity contribution in [1.82, 2.24) is 4.90 Å². The van der Waals surface area contributed by atoms with Crippen molar-refractivity contribution in [2.45, 2.75) is 44.3 Å². The van der Waals surface area contributed by atoms with Gasteiger partial charge in [-0.3, -0.25) is 9.69 Å². The first-order chi connectivity index (χ1) is 9.81. The van der Waals surface area contributed by atoms with E-state index in [4.69, 9.17) is 0 Å². The van der Waals surface area contributed by atoms with Crippen molar-refractivity contribution in [2.75, 3.05) is 0 Å². The highest BCUT2D eigenvalue weighted by atomic mass is 16.1. The molecule has 0 aromatic heterocycles. The molecule has 2 heteroatoms. The van der Waals surface area contributed by atoms with E-state index in [0.717, 1.165) is 19.4 Å². The van der Waals surface area contributed by atoms with Crippen LogP contribution in [0.3, 0.4) is 0 Å². The Labute approximate surface area is 119 Å². The van der Waals surface area contributed by atoms with Crippen LogP contribution in [0.15, 0.2) is 42.5 Å². The summed E-state index contributed by atoms with van der Waals surface area (Å²) < 4.78 is 0. The third-order valence-corrected chi connectivity index (χ3v) is 4.93. The lowest BCUT2D eigenvalue weighted by molar-refractivity contribution is -0.123. The Hall–Kier alpha value is -1.67. The normalized spacial score (nSPS) is 26.3. The van der Waals surface area contributed by atoms with Crippen LogP contribution >= 0.6 is 0 Å². The summed E-state index contributed by atoms with van der Waals surface area (Å²) in [5.74, 6) is 0.465. The number of benzene rings is 2. The van der Waals surface area contributed by atoms with E-state index in [2.05, 4.69) is 47.4 Å². The molecular weight excluding hydrogens is 246 g/mol. The summed E-state index contributed by atoms with van der Waals surface area (Å²) in [5.41, 5.74) is 1.40. The van der Waals surface area contributed by atoms with Crippen molar-refractivity contribution in [3.63, 3.8) is 0 Å². The molecule has 2 aromatic rings. The standard InChI is InChI=1S/C18H19NO/c20-17-10-15-8-9-16(11-17)19(15)12-14-6-3-5-13-4-1-2-7-18(13)14/h1-7,15-16H,8-12H2. The number of ketones is 1. The molecule has 0 amide bonds. The van der Waals surface area contributed by atoms with Gasteiger partial charge >= 0.3 is 0 Å². The molecule has 2 aliphatic rings. The van der Waals surface area contributed by atoms with Crippen molar-refractivity contribution in [3.05, 3.63) is 48.0 Å². The number of fused-ring (bicyclic) bond motifs is 3. The molecule has 2 atom stereocenters. The van der Waals surface area contributed by atoms with Crippen molar-refractivity contribution >= 4 is 16.6 Å². The van der Waals surface area contributed by atoms with Gasteiger partial charge in [-0.1, -0.05) is 42.5 Å². The lowest BCUT2D eigenvalue weighted by Crippen LogP contribution is -2.42. The lowest BCUT2D eigenvalue weighted by Gasteiger charge is -2.34. The van der Waals surface area contributed by atoms with Crippen LogP contribution in [0.25, 0.3) is 10.8 Å². The number of Topliss-reactive ketones (excluding diaryl/α,β-unsaturated/α-hetero) is 1. The number of rotatable bonds is 2. The van der Waals surface area contributed by atoms with Gasteiger partial charge in [0.2, 0.25) is 0 Å². The minimum Gasteiger partial charge on any atom is -0.300 e. The summed E-state index contributed by atoms with van der Waals surface area (Å²) in [4.78, 5) is 14.3. The zero-order valence-electron chi connectivity index (χ0n) is 11.6. The summed E-state index contributed by atoms with van der Waals surface area (Å²) in [6.45, 7) is 0.990. The zero-order valence-corrected chi connectivity index (χ0v) is 11.6. The Morgan fingerprint density at radius 1 is 0.950 bits per heavy atom. The third kappa shape index (κ3) is 1.95. The van der Waals surface area contributed by atoms with Gasteiger partial charge in [0.25, 0.3) is 0 Å². The molecule has 0 N–H and O–H groups in total. The first-order valence-corrected chi connectivity index (χ1v) is 7.55. The average Bonchev–Trinajstić information content (AvgIpc) is 2.70. The van der Waals surface area contributed by atoms with Crippen LogP contribution in [-0.2, 0) is 11.3 Å². The van der Waals surface area contributed by atoms with Gasteiger partial charge in [-0.25, -0.2) is 0 Å². The van der Waals surface area contributed by atoms with Crippen LogP contribution in [0, 0.1) is 0 Å². The molecule has 20 heavy (non-hydrogen) atoms. The van der Waals surface area contributed by atoms with Gasteiger partial charge in [0.05, 0.1) is 0 Å². The van der Waals surface area contributed by atoms with E-state index in [1.165, 1.54) is 29.2 Å². The summed E-state index contributed by atoms with van der Waals surface area (Å²) in [7, 11) is 0. The fourth-order valence-corrected chi connectivity index (χ4v) is 3.95. The van der Waals surface area contributed by atoms with Gasteiger partial charge in [-0.2, -0.15) is 0 Å². The van der Waals surface area contributed by atoms with Crippen LogP contribution in [0.1, 0.15) is 31.2 Å². The van der Waals surface area contributed by atoms with Crippen molar-refractivity contribution in [3.8, 4) is 0 Å². The van der Waals surface area contributed by atoms with E-state index < -0.39 is 0 Å². The predicted molar refractivity (Wildman–Crippen MR) is 80.5 cm³/mol. The summed E-state index contributed by atoms with van der Waals surface area (Å²) in [6, 6.07) is 16.1. The van der Waals surface area contributed by atoms with Gasteiger partial charge < -0.3 is 0 Å². The first-order valence-electron chi connectivity index (χ1n) is 7.55. The Kier molecular flexibility index (Phi) is 2.85. The van der Waals surface area contributed by atoms with Crippen molar-refractivity contribution < 1.29 is 4.79 Å². The molecule has 102 valence electrons. The van der Waals surface area contributed by atoms with Gasteiger partial charge in [0, 0.05) is 31.5 Å². The van der Waals surface area contributed by atoms with Crippen LogP contribution in [-0.4, -0.2) is 22.8 Å². The minimum absolute atomic E-state index is 0.465. The highest BCUT2D eigenvalue weighted by Gasteiger charge is 2.39. The molecule has 0 aliphatic carbocycles. The quantitative estimate of drug-likeness (QED) is 0.828. The van der Waals surface area contributed by atoms with E-state index >= 15 is 0 Å². The average molecular weight is 265 g/mol. The highest BCUT2D eigenvalue weighted by Crippen LogP contribution is 2.35. The van der Waals surface area contributed by atoms with E-state index in [0.29, 0.717) is 17.9 Å². The first kappa shape index (κ1) is 12.1. The lowest BCUT2D eigenvalue weighted by atomic mass is 9.98. The molecule has 2 saturated heterocycles. The Bertz CT molecular complexity index is 642. The number of nitrogens with zero attached hydrogens (tertiary/aromatic N) is 1. The SMILES string of the molecule is O=C1CC2CCC(C1)N2Cc1cccc2ccccc12. The fraction of sp³-hybridized carbons (Fsp3) is 0.389. The maximum absolute atomic E-state index is 11.7. The summed E-state index contributed by atoms with van der Waals surface area (Å²) in [5, 5.41) is 2.66. The highest BCUT2D eigenvalue weighted by molar-refractivity contribution is 5.85. The number of carbonyl (C=O) groups excluding carboxylic acids is 1. The second-order valence-corrected chi connectivity index (χ2v) is 6.14. The molecule has 2 bridgehead atoms. The second kappa shape index (κ2) is 4.71. The number of piperidine rings is 1. The van der Waals surface area contributed by atoms with Gasteiger partial charge in [0.15, 0.2) is 0 Å². The van der Waals surface area contributed by atoms with Crippen molar-refractivity contribution in [1.29, 1.82) is 0 Å². The monoisotopic (exact) mass is 265 g/mol. The van der Waals surface area contributed by atoms with Gasteiger partial charge in [-0.15, -0.1) is 0 Å². The van der Waals surface area contributed by atoms with E-state index in [1.54, 1.807) is 0 Å². The summed E-state index contributed by atoms with van der Waals surface area (Å²) >= 11 is 0. The fourth-order valence-electron chi connectivity index (χ4n) is 3.95. The Morgan fingerprint density at radius 3 is 2.45 bits per heavy atom. The molecule has 2 aromatic carbocycles.